The summed E-state index contributed by atoms with van der Waals surface area (Å²) in [5.41, 5.74) is 1.50. The molecule has 1 aromatic carbocycles. The Bertz CT molecular complexity index is 698. The molecule has 0 saturated carbocycles. The second-order valence-electron chi connectivity index (χ2n) is 6.08. The lowest BCUT2D eigenvalue weighted by atomic mass is 10.0. The Morgan fingerprint density at radius 1 is 1.04 bits per heavy atom. The zero-order valence-corrected chi connectivity index (χ0v) is 14.0. The lowest BCUT2D eigenvalue weighted by Gasteiger charge is -2.32. The highest BCUT2D eigenvalue weighted by Crippen LogP contribution is 2.11. The number of nitrogens with zero attached hydrogens (tertiary/aromatic N) is 2. The average molecular weight is 338 g/mol. The standard InChI is InChI=1S/C19H22N4O2/c24-18(15-6-2-1-3-7-15)22-16-9-12-23(13-10-16)19(25)21-14-17-8-4-5-11-20-17/h1-8,11,16H,9-10,12-14H2,(H,21,25)(H,22,24). The van der Waals surface area contributed by atoms with Gasteiger partial charge in [-0.15, -0.1) is 0 Å². The molecule has 0 aliphatic carbocycles. The van der Waals surface area contributed by atoms with Crippen molar-refractivity contribution in [2.75, 3.05) is 13.1 Å². The summed E-state index contributed by atoms with van der Waals surface area (Å²) >= 11 is 0. The van der Waals surface area contributed by atoms with E-state index in [0.29, 0.717) is 25.2 Å². The van der Waals surface area contributed by atoms with Crippen molar-refractivity contribution < 1.29 is 9.59 Å². The summed E-state index contributed by atoms with van der Waals surface area (Å²) in [6.07, 6.45) is 3.23. The van der Waals surface area contributed by atoms with Crippen molar-refractivity contribution in [2.45, 2.75) is 25.4 Å². The maximum absolute atomic E-state index is 12.2. The first kappa shape index (κ1) is 17.0. The molecule has 6 nitrogen and oxygen atoms in total. The molecule has 25 heavy (non-hydrogen) atoms. The molecule has 6 heteroatoms. The summed E-state index contributed by atoms with van der Waals surface area (Å²) in [7, 11) is 0. The summed E-state index contributed by atoms with van der Waals surface area (Å²) in [6.45, 7) is 1.69. The van der Waals surface area contributed by atoms with Gasteiger partial charge in [0.2, 0.25) is 0 Å². The molecule has 1 saturated heterocycles. The fraction of sp³-hybridized carbons (Fsp3) is 0.316. The number of urea groups is 1. The summed E-state index contributed by atoms with van der Waals surface area (Å²) in [5.74, 6) is -0.0568. The van der Waals surface area contributed by atoms with E-state index in [2.05, 4.69) is 15.6 Å². The van der Waals surface area contributed by atoms with Gasteiger partial charge in [0.25, 0.3) is 5.91 Å². The molecule has 130 valence electrons. The minimum absolute atomic E-state index is 0.0568. The van der Waals surface area contributed by atoms with Gasteiger partial charge in [0.15, 0.2) is 0 Å². The van der Waals surface area contributed by atoms with Crippen LogP contribution in [0.25, 0.3) is 0 Å². The van der Waals surface area contributed by atoms with Crippen LogP contribution in [0.2, 0.25) is 0 Å². The minimum Gasteiger partial charge on any atom is -0.349 e. The van der Waals surface area contributed by atoms with Crippen LogP contribution >= 0.6 is 0 Å². The van der Waals surface area contributed by atoms with Crippen LogP contribution in [-0.2, 0) is 6.54 Å². The van der Waals surface area contributed by atoms with Crippen molar-refractivity contribution in [2.24, 2.45) is 0 Å². The van der Waals surface area contributed by atoms with Gasteiger partial charge in [-0.2, -0.15) is 0 Å². The summed E-state index contributed by atoms with van der Waals surface area (Å²) < 4.78 is 0. The van der Waals surface area contributed by atoms with E-state index < -0.39 is 0 Å². The van der Waals surface area contributed by atoms with Crippen LogP contribution in [-0.4, -0.2) is 41.0 Å². The number of carbonyl (C=O) groups is 2. The lowest BCUT2D eigenvalue weighted by Crippen LogP contribution is -2.49. The first-order valence-corrected chi connectivity index (χ1v) is 8.51. The van der Waals surface area contributed by atoms with Gasteiger partial charge in [0.05, 0.1) is 12.2 Å². The van der Waals surface area contributed by atoms with E-state index >= 15 is 0 Å². The number of nitrogens with one attached hydrogen (secondary N) is 2. The normalized spacial score (nSPS) is 14.8. The summed E-state index contributed by atoms with van der Waals surface area (Å²) in [5, 5.41) is 5.93. The Kier molecular flexibility index (Phi) is 5.61. The molecule has 1 aromatic heterocycles. The van der Waals surface area contributed by atoms with E-state index in [4.69, 9.17) is 0 Å². The number of hydrogen-bond acceptors (Lipinski definition) is 3. The molecule has 3 amide bonds. The largest absolute Gasteiger partial charge is 0.349 e. The summed E-state index contributed by atoms with van der Waals surface area (Å²) in [6, 6.07) is 14.8. The molecule has 3 rings (SSSR count). The Morgan fingerprint density at radius 2 is 1.76 bits per heavy atom. The second-order valence-corrected chi connectivity index (χ2v) is 6.08. The zero-order chi connectivity index (χ0) is 17.5. The number of piperidine rings is 1. The number of hydrogen-bond donors (Lipinski definition) is 2. The topological polar surface area (TPSA) is 74.3 Å². The van der Waals surface area contributed by atoms with Gasteiger partial charge in [-0.25, -0.2) is 4.79 Å². The van der Waals surface area contributed by atoms with E-state index in [1.807, 2.05) is 36.4 Å². The van der Waals surface area contributed by atoms with E-state index in [0.717, 1.165) is 18.5 Å². The predicted octanol–water partition coefficient (Wildman–Crippen LogP) is 2.19. The van der Waals surface area contributed by atoms with Gasteiger partial charge in [0, 0.05) is 30.9 Å². The number of amides is 3. The highest BCUT2D eigenvalue weighted by Gasteiger charge is 2.24. The molecule has 2 aromatic rings. The number of aromatic nitrogens is 1. The van der Waals surface area contributed by atoms with Crippen molar-refractivity contribution in [1.82, 2.24) is 20.5 Å². The van der Waals surface area contributed by atoms with E-state index in [9.17, 15) is 9.59 Å². The summed E-state index contributed by atoms with van der Waals surface area (Å²) in [4.78, 5) is 30.4. The Morgan fingerprint density at radius 3 is 2.44 bits per heavy atom. The van der Waals surface area contributed by atoms with Crippen molar-refractivity contribution in [3.05, 3.63) is 66.0 Å². The third kappa shape index (κ3) is 4.79. The van der Waals surface area contributed by atoms with Gasteiger partial charge in [-0.1, -0.05) is 24.3 Å². The van der Waals surface area contributed by atoms with E-state index in [-0.39, 0.29) is 18.0 Å². The van der Waals surface area contributed by atoms with Crippen molar-refractivity contribution in [3.63, 3.8) is 0 Å². The number of benzene rings is 1. The Balaban J connectivity index is 1.42. The van der Waals surface area contributed by atoms with E-state index in [1.165, 1.54) is 0 Å². The molecule has 1 aliphatic heterocycles. The average Bonchev–Trinajstić information content (AvgIpc) is 2.68. The third-order valence-corrected chi connectivity index (χ3v) is 4.30. The van der Waals surface area contributed by atoms with Crippen LogP contribution in [0.5, 0.6) is 0 Å². The minimum atomic E-state index is -0.0847. The van der Waals surface area contributed by atoms with E-state index in [1.54, 1.807) is 23.2 Å². The smallest absolute Gasteiger partial charge is 0.317 e. The second kappa shape index (κ2) is 8.28. The fourth-order valence-electron chi connectivity index (χ4n) is 2.87. The monoisotopic (exact) mass is 338 g/mol. The van der Waals surface area contributed by atoms with Crippen LogP contribution in [0.15, 0.2) is 54.7 Å². The number of pyridine rings is 1. The van der Waals surface area contributed by atoms with Crippen molar-refractivity contribution in [3.8, 4) is 0 Å². The van der Waals surface area contributed by atoms with Gasteiger partial charge < -0.3 is 15.5 Å². The maximum Gasteiger partial charge on any atom is 0.317 e. The first-order valence-electron chi connectivity index (χ1n) is 8.51. The quantitative estimate of drug-likeness (QED) is 0.897. The zero-order valence-electron chi connectivity index (χ0n) is 14.0. The molecule has 2 heterocycles. The van der Waals surface area contributed by atoms with Crippen LogP contribution < -0.4 is 10.6 Å². The Hall–Kier alpha value is -2.89. The molecule has 1 fully saturated rings. The van der Waals surface area contributed by atoms with Crippen LogP contribution in [0.4, 0.5) is 4.79 Å². The lowest BCUT2D eigenvalue weighted by molar-refractivity contribution is 0.0918. The molecule has 0 spiro atoms. The van der Waals surface area contributed by atoms with Gasteiger partial charge in [-0.05, 0) is 37.1 Å². The highest BCUT2D eigenvalue weighted by molar-refractivity contribution is 5.94. The SMILES string of the molecule is O=C(NC1CCN(C(=O)NCc2ccccn2)CC1)c1ccccc1. The molecule has 0 bridgehead atoms. The van der Waals surface area contributed by atoms with Gasteiger partial charge in [-0.3, -0.25) is 9.78 Å². The number of likely N-dealkylation sites (tertiary alicyclic amines) is 1. The van der Waals surface area contributed by atoms with Crippen molar-refractivity contribution in [1.29, 1.82) is 0 Å². The molecule has 0 unspecified atom stereocenters. The van der Waals surface area contributed by atoms with Gasteiger partial charge in [0.1, 0.15) is 0 Å². The first-order chi connectivity index (χ1) is 12.2. The number of carbonyl (C=O) groups excluding carboxylic acids is 2. The molecule has 0 radical (unpaired) electrons. The van der Waals surface area contributed by atoms with Crippen LogP contribution in [0, 0.1) is 0 Å². The van der Waals surface area contributed by atoms with Crippen LogP contribution in [0.1, 0.15) is 28.9 Å². The third-order valence-electron chi connectivity index (χ3n) is 4.30. The molecular weight excluding hydrogens is 316 g/mol. The van der Waals surface area contributed by atoms with Gasteiger partial charge >= 0.3 is 6.03 Å². The number of rotatable bonds is 4. The molecule has 0 atom stereocenters. The molecule has 1 aliphatic rings. The fourth-order valence-corrected chi connectivity index (χ4v) is 2.87. The maximum atomic E-state index is 12.2. The van der Waals surface area contributed by atoms with Crippen molar-refractivity contribution >= 4 is 11.9 Å². The predicted molar refractivity (Wildman–Crippen MR) is 95.0 cm³/mol. The molecular formula is C19H22N4O2. The molecule has 2 N–H and O–H groups in total. The van der Waals surface area contributed by atoms with Crippen LogP contribution in [0.3, 0.4) is 0 Å². The highest BCUT2D eigenvalue weighted by atomic mass is 16.2. The Labute approximate surface area is 147 Å².